The van der Waals surface area contributed by atoms with E-state index in [0.717, 1.165) is 11.3 Å². The van der Waals surface area contributed by atoms with Crippen molar-refractivity contribution in [3.8, 4) is 11.5 Å². The molecule has 0 aliphatic carbocycles. The van der Waals surface area contributed by atoms with Crippen LogP contribution in [0.15, 0.2) is 42.5 Å². The predicted octanol–water partition coefficient (Wildman–Crippen LogP) is 3.66. The van der Waals surface area contributed by atoms with Gasteiger partial charge in [-0.1, -0.05) is 11.6 Å². The Labute approximate surface area is 128 Å². The lowest BCUT2D eigenvalue weighted by Gasteiger charge is -2.12. The van der Waals surface area contributed by atoms with Crippen LogP contribution in [-0.4, -0.2) is 20.3 Å². The molecular weight excluding hydrogens is 293 g/mol. The normalized spacial score (nSPS) is 10.4. The summed E-state index contributed by atoms with van der Waals surface area (Å²) < 4.78 is 23.9. The maximum Gasteiger partial charge on any atom is 0.124 e. The van der Waals surface area contributed by atoms with Gasteiger partial charge < -0.3 is 14.8 Å². The molecule has 0 aliphatic rings. The Morgan fingerprint density at radius 2 is 1.76 bits per heavy atom. The number of ether oxygens (including phenoxy) is 2. The van der Waals surface area contributed by atoms with E-state index in [1.54, 1.807) is 18.2 Å². The van der Waals surface area contributed by atoms with E-state index >= 15 is 0 Å². The number of hydrogen-bond acceptors (Lipinski definition) is 3. The van der Waals surface area contributed by atoms with Gasteiger partial charge in [-0.25, -0.2) is 4.39 Å². The monoisotopic (exact) mass is 309 g/mol. The van der Waals surface area contributed by atoms with Crippen LogP contribution in [-0.2, 0) is 6.54 Å². The highest BCUT2D eigenvalue weighted by molar-refractivity contribution is 6.30. The lowest BCUT2D eigenvalue weighted by Crippen LogP contribution is -2.12. The fourth-order valence-corrected chi connectivity index (χ4v) is 2.05. The average molecular weight is 310 g/mol. The summed E-state index contributed by atoms with van der Waals surface area (Å²) in [7, 11) is 1.86. The van der Waals surface area contributed by atoms with E-state index in [0.29, 0.717) is 30.5 Å². The zero-order valence-corrected chi connectivity index (χ0v) is 12.5. The van der Waals surface area contributed by atoms with Gasteiger partial charge in [0.05, 0.1) is 0 Å². The summed E-state index contributed by atoms with van der Waals surface area (Å²) >= 11 is 5.97. The van der Waals surface area contributed by atoms with Crippen molar-refractivity contribution < 1.29 is 13.9 Å². The first-order chi connectivity index (χ1) is 10.2. The van der Waals surface area contributed by atoms with Crippen molar-refractivity contribution in [3.05, 3.63) is 58.9 Å². The van der Waals surface area contributed by atoms with Crippen molar-refractivity contribution in [3.63, 3.8) is 0 Å². The van der Waals surface area contributed by atoms with Gasteiger partial charge in [-0.15, -0.1) is 0 Å². The second-order valence-electron chi connectivity index (χ2n) is 4.43. The van der Waals surface area contributed by atoms with Crippen LogP contribution in [0.3, 0.4) is 0 Å². The van der Waals surface area contributed by atoms with E-state index in [9.17, 15) is 4.39 Å². The first-order valence-electron chi connectivity index (χ1n) is 6.63. The summed E-state index contributed by atoms with van der Waals surface area (Å²) in [5, 5.41) is 3.74. The van der Waals surface area contributed by atoms with Gasteiger partial charge in [0, 0.05) is 17.1 Å². The standard InChI is InChI=1S/C16H17ClFNO2/c1-19-11-12-10-13(17)2-7-16(12)21-9-8-20-15-5-3-14(18)4-6-15/h2-7,10,19H,8-9,11H2,1H3. The summed E-state index contributed by atoms with van der Waals surface area (Å²) in [5.74, 6) is 1.11. The molecule has 2 aromatic carbocycles. The molecule has 0 saturated heterocycles. The van der Waals surface area contributed by atoms with E-state index in [2.05, 4.69) is 5.32 Å². The number of hydrogen-bond donors (Lipinski definition) is 1. The lowest BCUT2D eigenvalue weighted by molar-refractivity contribution is 0.215. The Kier molecular flexibility index (Phi) is 5.84. The number of benzene rings is 2. The molecule has 1 N–H and O–H groups in total. The molecule has 5 heteroatoms. The lowest BCUT2D eigenvalue weighted by atomic mass is 10.2. The molecule has 0 bridgehead atoms. The molecule has 2 rings (SSSR count). The predicted molar refractivity (Wildman–Crippen MR) is 81.6 cm³/mol. The van der Waals surface area contributed by atoms with Crippen LogP contribution in [0.25, 0.3) is 0 Å². The van der Waals surface area contributed by atoms with E-state index in [-0.39, 0.29) is 5.82 Å². The van der Waals surface area contributed by atoms with Gasteiger partial charge in [0.2, 0.25) is 0 Å². The SMILES string of the molecule is CNCc1cc(Cl)ccc1OCCOc1ccc(F)cc1. The molecule has 2 aromatic rings. The molecule has 0 atom stereocenters. The highest BCUT2D eigenvalue weighted by Crippen LogP contribution is 2.22. The van der Waals surface area contributed by atoms with Crippen LogP contribution in [0.5, 0.6) is 11.5 Å². The minimum atomic E-state index is -0.281. The zero-order valence-electron chi connectivity index (χ0n) is 11.7. The van der Waals surface area contributed by atoms with Gasteiger partial charge >= 0.3 is 0 Å². The topological polar surface area (TPSA) is 30.5 Å². The quantitative estimate of drug-likeness (QED) is 0.792. The zero-order chi connectivity index (χ0) is 15.1. The average Bonchev–Trinajstić information content (AvgIpc) is 2.48. The van der Waals surface area contributed by atoms with Gasteiger partial charge in [0.25, 0.3) is 0 Å². The maximum absolute atomic E-state index is 12.7. The molecule has 0 unspecified atom stereocenters. The number of nitrogens with one attached hydrogen (secondary N) is 1. The summed E-state index contributed by atoms with van der Waals surface area (Å²) in [6.07, 6.45) is 0. The number of rotatable bonds is 7. The third-order valence-corrected chi connectivity index (χ3v) is 3.05. The van der Waals surface area contributed by atoms with Crippen molar-refractivity contribution in [1.82, 2.24) is 5.32 Å². The Hall–Kier alpha value is -1.78. The second-order valence-corrected chi connectivity index (χ2v) is 4.87. The summed E-state index contributed by atoms with van der Waals surface area (Å²) in [5.41, 5.74) is 0.992. The van der Waals surface area contributed by atoms with Crippen molar-refractivity contribution in [2.75, 3.05) is 20.3 Å². The molecule has 0 heterocycles. The molecule has 0 radical (unpaired) electrons. The van der Waals surface area contributed by atoms with Crippen LogP contribution < -0.4 is 14.8 Å². The van der Waals surface area contributed by atoms with Crippen molar-refractivity contribution in [2.45, 2.75) is 6.54 Å². The minimum Gasteiger partial charge on any atom is -0.490 e. The Morgan fingerprint density at radius 3 is 2.48 bits per heavy atom. The Bertz CT molecular complexity index is 575. The first kappa shape index (κ1) is 15.6. The van der Waals surface area contributed by atoms with E-state index in [1.807, 2.05) is 19.2 Å². The van der Waals surface area contributed by atoms with E-state index in [4.69, 9.17) is 21.1 Å². The highest BCUT2D eigenvalue weighted by Gasteiger charge is 2.04. The van der Waals surface area contributed by atoms with Crippen LogP contribution in [0.2, 0.25) is 5.02 Å². The van der Waals surface area contributed by atoms with Crippen LogP contribution in [0.4, 0.5) is 4.39 Å². The minimum absolute atomic E-state index is 0.281. The van der Waals surface area contributed by atoms with Crippen molar-refractivity contribution in [1.29, 1.82) is 0 Å². The van der Waals surface area contributed by atoms with Crippen molar-refractivity contribution in [2.24, 2.45) is 0 Å². The summed E-state index contributed by atoms with van der Waals surface area (Å²) in [4.78, 5) is 0. The fraction of sp³-hybridized carbons (Fsp3) is 0.250. The van der Waals surface area contributed by atoms with Crippen LogP contribution >= 0.6 is 11.6 Å². The largest absolute Gasteiger partial charge is 0.490 e. The molecule has 3 nitrogen and oxygen atoms in total. The Balaban J connectivity index is 1.84. The molecule has 21 heavy (non-hydrogen) atoms. The molecule has 0 saturated carbocycles. The van der Waals surface area contributed by atoms with Crippen LogP contribution in [0, 0.1) is 5.82 Å². The van der Waals surface area contributed by atoms with Gasteiger partial charge in [-0.05, 0) is 49.5 Å². The second kappa shape index (κ2) is 7.86. The number of halogens is 2. The third kappa shape index (κ3) is 4.92. The smallest absolute Gasteiger partial charge is 0.124 e. The van der Waals surface area contributed by atoms with Crippen molar-refractivity contribution >= 4 is 11.6 Å². The van der Waals surface area contributed by atoms with E-state index < -0.39 is 0 Å². The molecule has 0 aliphatic heterocycles. The maximum atomic E-state index is 12.7. The van der Waals surface area contributed by atoms with Gasteiger partial charge in [-0.2, -0.15) is 0 Å². The molecule has 0 fully saturated rings. The molecule has 0 aromatic heterocycles. The van der Waals surface area contributed by atoms with E-state index in [1.165, 1.54) is 12.1 Å². The first-order valence-corrected chi connectivity index (χ1v) is 7.01. The molecule has 0 amide bonds. The van der Waals surface area contributed by atoms with Gasteiger partial charge in [0.1, 0.15) is 30.5 Å². The molecular formula is C16H17ClFNO2. The summed E-state index contributed by atoms with van der Waals surface area (Å²) in [6, 6.07) is 11.4. The highest BCUT2D eigenvalue weighted by atomic mass is 35.5. The molecule has 0 spiro atoms. The fourth-order valence-electron chi connectivity index (χ4n) is 1.86. The third-order valence-electron chi connectivity index (χ3n) is 2.81. The molecule has 112 valence electrons. The van der Waals surface area contributed by atoms with Gasteiger partial charge in [-0.3, -0.25) is 0 Å². The summed E-state index contributed by atoms with van der Waals surface area (Å²) in [6.45, 7) is 1.46. The van der Waals surface area contributed by atoms with Gasteiger partial charge in [0.15, 0.2) is 0 Å². The van der Waals surface area contributed by atoms with Crippen LogP contribution in [0.1, 0.15) is 5.56 Å². The Morgan fingerprint density at radius 1 is 1.05 bits per heavy atom.